The molecule has 0 aliphatic carbocycles. The zero-order valence-corrected chi connectivity index (χ0v) is 16.5. The summed E-state index contributed by atoms with van der Waals surface area (Å²) in [5.74, 6) is 1.88. The second kappa shape index (κ2) is 7.48. The third kappa shape index (κ3) is 3.85. The average molecular weight is 390 g/mol. The van der Waals surface area contributed by atoms with Crippen LogP contribution in [0.4, 0.5) is 0 Å². The Bertz CT molecular complexity index is 972. The Morgan fingerprint density at radius 2 is 1.70 bits per heavy atom. The lowest BCUT2D eigenvalue weighted by Crippen LogP contribution is -2.26. The van der Waals surface area contributed by atoms with E-state index in [0.29, 0.717) is 34.9 Å². The van der Waals surface area contributed by atoms with Gasteiger partial charge in [0, 0.05) is 17.5 Å². The van der Waals surface area contributed by atoms with Gasteiger partial charge in [0.25, 0.3) is 0 Å². The predicted molar refractivity (Wildman–Crippen MR) is 103 cm³/mol. The molecule has 0 spiro atoms. The molecule has 144 valence electrons. The second-order valence-corrected chi connectivity index (χ2v) is 7.98. The van der Waals surface area contributed by atoms with Crippen LogP contribution in [-0.4, -0.2) is 46.1 Å². The van der Waals surface area contributed by atoms with Crippen LogP contribution in [0.5, 0.6) is 17.2 Å². The van der Waals surface area contributed by atoms with E-state index in [0.717, 1.165) is 16.2 Å². The summed E-state index contributed by atoms with van der Waals surface area (Å²) in [6.07, 6.45) is 1.55. The van der Waals surface area contributed by atoms with Crippen molar-refractivity contribution in [3.63, 3.8) is 0 Å². The van der Waals surface area contributed by atoms with Crippen LogP contribution in [0.15, 0.2) is 47.6 Å². The number of hydrazone groups is 1. The molecule has 1 heterocycles. The van der Waals surface area contributed by atoms with Crippen LogP contribution in [-0.2, 0) is 10.0 Å². The van der Waals surface area contributed by atoms with Crippen molar-refractivity contribution in [1.29, 1.82) is 0 Å². The zero-order valence-electron chi connectivity index (χ0n) is 15.7. The molecule has 0 aromatic heterocycles. The second-order valence-electron chi connectivity index (χ2n) is 6.14. The Labute approximate surface area is 159 Å². The van der Waals surface area contributed by atoms with Crippen molar-refractivity contribution >= 4 is 15.7 Å². The lowest BCUT2D eigenvalue weighted by molar-refractivity contribution is 0.348. The van der Waals surface area contributed by atoms with Crippen molar-refractivity contribution in [2.75, 3.05) is 27.6 Å². The summed E-state index contributed by atoms with van der Waals surface area (Å²) in [5, 5.41) is 4.40. The van der Waals surface area contributed by atoms with Crippen molar-refractivity contribution in [3.8, 4) is 17.2 Å². The Kier molecular flexibility index (Phi) is 5.27. The zero-order chi connectivity index (χ0) is 19.6. The van der Waals surface area contributed by atoms with E-state index in [9.17, 15) is 8.42 Å². The molecule has 0 amide bonds. The Hall–Kier alpha value is -2.74. The number of hydrogen-bond acceptors (Lipinski definition) is 6. The fourth-order valence-corrected chi connectivity index (χ4v) is 4.00. The highest BCUT2D eigenvalue weighted by molar-refractivity contribution is 7.88. The normalized spacial score (nSPS) is 16.8. The van der Waals surface area contributed by atoms with E-state index in [1.54, 1.807) is 39.5 Å². The molecule has 1 aliphatic heterocycles. The van der Waals surface area contributed by atoms with Gasteiger partial charge < -0.3 is 14.2 Å². The topological polar surface area (TPSA) is 77.4 Å². The molecule has 0 N–H and O–H groups in total. The highest BCUT2D eigenvalue weighted by Gasteiger charge is 2.36. The van der Waals surface area contributed by atoms with Crippen LogP contribution >= 0.6 is 0 Å². The standard InChI is InChI=1S/C19H22N2O5S/c1-24-14-7-5-6-13(10-14)17-12-18(21(20-17)27(4,22)23)16-11-15(25-2)8-9-19(16)26-3/h5-11,18H,12H2,1-4H3/t18-/m1/s1. The van der Waals surface area contributed by atoms with Gasteiger partial charge in [-0.2, -0.15) is 9.52 Å². The summed E-state index contributed by atoms with van der Waals surface area (Å²) in [6.45, 7) is 0. The Morgan fingerprint density at radius 3 is 2.33 bits per heavy atom. The minimum absolute atomic E-state index is 0.407. The molecule has 0 fully saturated rings. The number of nitrogens with zero attached hydrogens (tertiary/aromatic N) is 2. The summed E-state index contributed by atoms with van der Waals surface area (Å²) in [5.41, 5.74) is 2.17. The van der Waals surface area contributed by atoms with Gasteiger partial charge in [-0.05, 0) is 30.3 Å². The van der Waals surface area contributed by atoms with E-state index in [-0.39, 0.29) is 0 Å². The Morgan fingerprint density at radius 1 is 1.00 bits per heavy atom. The minimum atomic E-state index is -3.58. The molecule has 0 radical (unpaired) electrons. The first-order chi connectivity index (χ1) is 12.9. The molecule has 0 saturated heterocycles. The van der Waals surface area contributed by atoms with Crippen LogP contribution < -0.4 is 14.2 Å². The van der Waals surface area contributed by atoms with Crippen LogP contribution in [0.25, 0.3) is 0 Å². The molecule has 0 bridgehead atoms. The molecule has 27 heavy (non-hydrogen) atoms. The maximum atomic E-state index is 12.4. The SMILES string of the molecule is COc1cccc(C2=NN(S(C)(=O)=O)[C@@H](c3cc(OC)ccc3OC)C2)c1. The Balaban J connectivity index is 2.07. The summed E-state index contributed by atoms with van der Waals surface area (Å²) < 4.78 is 41.9. The van der Waals surface area contributed by atoms with Crippen molar-refractivity contribution < 1.29 is 22.6 Å². The molecule has 1 aliphatic rings. The van der Waals surface area contributed by atoms with Crippen LogP contribution in [0.3, 0.4) is 0 Å². The van der Waals surface area contributed by atoms with Crippen LogP contribution in [0, 0.1) is 0 Å². The number of benzene rings is 2. The number of hydrogen-bond donors (Lipinski definition) is 0. The van der Waals surface area contributed by atoms with Gasteiger partial charge in [0.1, 0.15) is 17.2 Å². The third-order valence-corrected chi connectivity index (χ3v) is 5.43. The monoisotopic (exact) mass is 390 g/mol. The minimum Gasteiger partial charge on any atom is -0.497 e. The van der Waals surface area contributed by atoms with Gasteiger partial charge in [-0.25, -0.2) is 8.42 Å². The largest absolute Gasteiger partial charge is 0.497 e. The predicted octanol–water partition coefficient (Wildman–Crippen LogP) is 2.82. The highest BCUT2D eigenvalue weighted by atomic mass is 32.2. The van der Waals surface area contributed by atoms with E-state index >= 15 is 0 Å². The molecular weight excluding hydrogens is 368 g/mol. The van der Waals surface area contributed by atoms with Crippen molar-refractivity contribution in [3.05, 3.63) is 53.6 Å². The first-order valence-corrected chi connectivity index (χ1v) is 10.2. The van der Waals surface area contributed by atoms with Crippen LogP contribution in [0.2, 0.25) is 0 Å². The maximum absolute atomic E-state index is 12.4. The summed E-state index contributed by atoms with van der Waals surface area (Å²) in [4.78, 5) is 0. The molecule has 2 aromatic carbocycles. The number of sulfonamides is 1. The molecule has 0 unspecified atom stereocenters. The maximum Gasteiger partial charge on any atom is 0.247 e. The van der Waals surface area contributed by atoms with Crippen LogP contribution in [0.1, 0.15) is 23.6 Å². The van der Waals surface area contributed by atoms with Gasteiger partial charge in [0.2, 0.25) is 10.0 Å². The van der Waals surface area contributed by atoms with E-state index in [4.69, 9.17) is 14.2 Å². The summed E-state index contributed by atoms with van der Waals surface area (Å²) >= 11 is 0. The van der Waals surface area contributed by atoms with Gasteiger partial charge >= 0.3 is 0 Å². The van der Waals surface area contributed by atoms with E-state index < -0.39 is 16.1 Å². The van der Waals surface area contributed by atoms with Gasteiger partial charge in [-0.1, -0.05) is 12.1 Å². The van der Waals surface area contributed by atoms with E-state index in [1.807, 2.05) is 24.3 Å². The first kappa shape index (κ1) is 19.0. The van der Waals surface area contributed by atoms with Gasteiger partial charge in [0.05, 0.1) is 39.3 Å². The quantitative estimate of drug-likeness (QED) is 0.758. The fourth-order valence-electron chi connectivity index (χ4n) is 3.10. The number of ether oxygens (including phenoxy) is 3. The summed E-state index contributed by atoms with van der Waals surface area (Å²) in [7, 11) is 1.12. The molecule has 0 saturated carbocycles. The van der Waals surface area contributed by atoms with Gasteiger partial charge in [-0.15, -0.1) is 0 Å². The lowest BCUT2D eigenvalue weighted by Gasteiger charge is -2.23. The number of methoxy groups -OCH3 is 3. The van der Waals surface area contributed by atoms with Crippen molar-refractivity contribution in [2.24, 2.45) is 5.10 Å². The molecule has 8 heteroatoms. The first-order valence-electron chi connectivity index (χ1n) is 8.30. The van der Waals surface area contributed by atoms with Gasteiger partial charge in [-0.3, -0.25) is 0 Å². The fraction of sp³-hybridized carbons (Fsp3) is 0.316. The summed E-state index contributed by atoms with van der Waals surface area (Å²) in [6, 6.07) is 12.2. The average Bonchev–Trinajstić information content (AvgIpc) is 3.13. The molecule has 3 rings (SSSR count). The van der Waals surface area contributed by atoms with Crippen molar-refractivity contribution in [1.82, 2.24) is 4.41 Å². The third-order valence-electron chi connectivity index (χ3n) is 4.41. The molecule has 2 aromatic rings. The smallest absolute Gasteiger partial charge is 0.247 e. The molecule has 1 atom stereocenters. The van der Waals surface area contributed by atoms with E-state index in [2.05, 4.69) is 5.10 Å². The molecular formula is C19H22N2O5S. The highest BCUT2D eigenvalue weighted by Crippen LogP contribution is 2.40. The lowest BCUT2D eigenvalue weighted by atomic mass is 9.98. The van der Waals surface area contributed by atoms with Gasteiger partial charge in [0.15, 0.2) is 0 Å². The van der Waals surface area contributed by atoms with Crippen molar-refractivity contribution in [2.45, 2.75) is 12.5 Å². The number of rotatable bonds is 6. The molecule has 7 nitrogen and oxygen atoms in total. The van der Waals surface area contributed by atoms with E-state index in [1.165, 1.54) is 0 Å².